The zero-order chi connectivity index (χ0) is 13.3. The third-order valence-corrected chi connectivity index (χ3v) is 4.00. The van der Waals surface area contributed by atoms with Gasteiger partial charge >= 0.3 is 0 Å². The second-order valence-electron chi connectivity index (χ2n) is 5.45. The predicted molar refractivity (Wildman–Crippen MR) is 69.7 cm³/mol. The van der Waals surface area contributed by atoms with E-state index in [1.165, 1.54) is 0 Å². The molecule has 0 bridgehead atoms. The van der Waals surface area contributed by atoms with E-state index in [0.29, 0.717) is 11.8 Å². The molecule has 3 atom stereocenters. The number of rotatable bonds is 2. The normalized spacial score (nSPS) is 26.1. The van der Waals surface area contributed by atoms with Crippen LogP contribution < -0.4 is 5.73 Å². The maximum absolute atomic E-state index is 12.3. The zero-order valence-electron chi connectivity index (χ0n) is 11.3. The summed E-state index contributed by atoms with van der Waals surface area (Å²) in [6.07, 6.45) is 4.53. The number of carbonyl (C=O) groups is 1. The first kappa shape index (κ1) is 13.1. The monoisotopic (exact) mass is 250 g/mol. The summed E-state index contributed by atoms with van der Waals surface area (Å²) in [4.78, 5) is 14.2. The Hall–Kier alpha value is -1.36. The third-order valence-electron chi connectivity index (χ3n) is 4.00. The van der Waals surface area contributed by atoms with Gasteiger partial charge in [0.1, 0.15) is 6.04 Å². The van der Waals surface area contributed by atoms with Crippen LogP contribution in [0.1, 0.15) is 31.9 Å². The van der Waals surface area contributed by atoms with Crippen molar-refractivity contribution in [1.29, 1.82) is 0 Å². The van der Waals surface area contributed by atoms with E-state index in [1.807, 2.05) is 11.9 Å². The van der Waals surface area contributed by atoms with E-state index >= 15 is 0 Å². The molecule has 2 heterocycles. The van der Waals surface area contributed by atoms with Crippen LogP contribution in [0, 0.1) is 11.8 Å². The van der Waals surface area contributed by atoms with Gasteiger partial charge in [-0.1, -0.05) is 13.8 Å². The fraction of sp³-hybridized carbons (Fsp3) is 0.692. The molecular formula is C13H22N4O. The number of amides is 1. The summed E-state index contributed by atoms with van der Waals surface area (Å²) < 4.78 is 1.67. The van der Waals surface area contributed by atoms with Crippen molar-refractivity contribution in [2.45, 2.75) is 26.3 Å². The van der Waals surface area contributed by atoms with Crippen LogP contribution >= 0.6 is 0 Å². The molecule has 1 amide bonds. The lowest BCUT2D eigenvalue weighted by Crippen LogP contribution is -2.45. The molecule has 1 aliphatic rings. The van der Waals surface area contributed by atoms with Crippen molar-refractivity contribution in [3.05, 3.63) is 18.0 Å². The van der Waals surface area contributed by atoms with Crippen molar-refractivity contribution in [2.75, 3.05) is 13.1 Å². The van der Waals surface area contributed by atoms with Gasteiger partial charge in [0.05, 0.1) is 6.20 Å². The van der Waals surface area contributed by atoms with Crippen LogP contribution in [-0.4, -0.2) is 33.7 Å². The van der Waals surface area contributed by atoms with Gasteiger partial charge in [-0.05, 0) is 18.3 Å². The topological polar surface area (TPSA) is 64.2 Å². The Morgan fingerprint density at radius 2 is 2.22 bits per heavy atom. The highest BCUT2D eigenvalue weighted by molar-refractivity contribution is 5.83. The summed E-state index contributed by atoms with van der Waals surface area (Å²) >= 11 is 0. The summed E-state index contributed by atoms with van der Waals surface area (Å²) in [5, 5.41) is 4.06. The molecule has 0 aliphatic carbocycles. The van der Waals surface area contributed by atoms with Crippen LogP contribution in [0.2, 0.25) is 0 Å². The van der Waals surface area contributed by atoms with E-state index in [4.69, 9.17) is 5.73 Å². The largest absolute Gasteiger partial charge is 0.341 e. The van der Waals surface area contributed by atoms with Gasteiger partial charge in [0.25, 0.3) is 0 Å². The van der Waals surface area contributed by atoms with E-state index in [-0.39, 0.29) is 5.91 Å². The molecule has 5 nitrogen and oxygen atoms in total. The van der Waals surface area contributed by atoms with Gasteiger partial charge < -0.3 is 10.6 Å². The van der Waals surface area contributed by atoms with Crippen LogP contribution in [-0.2, 0) is 11.8 Å². The maximum Gasteiger partial charge on any atom is 0.244 e. The molecule has 5 heteroatoms. The summed E-state index contributed by atoms with van der Waals surface area (Å²) in [5.74, 6) is 1.24. The molecule has 0 saturated carbocycles. The molecule has 3 unspecified atom stereocenters. The highest BCUT2D eigenvalue weighted by Crippen LogP contribution is 2.24. The number of piperidine rings is 1. The quantitative estimate of drug-likeness (QED) is 0.849. The minimum absolute atomic E-state index is 0.0155. The van der Waals surface area contributed by atoms with Gasteiger partial charge in [0, 0.05) is 31.9 Å². The Labute approximate surface area is 108 Å². The zero-order valence-corrected chi connectivity index (χ0v) is 11.3. The third kappa shape index (κ3) is 2.56. The Kier molecular flexibility index (Phi) is 3.71. The SMILES string of the molecule is CC1CCN(C(=O)C(N)c2cnn(C)c2)CC1C. The molecule has 0 aromatic carbocycles. The number of hydrogen-bond donors (Lipinski definition) is 1. The van der Waals surface area contributed by atoms with Crippen LogP contribution in [0.5, 0.6) is 0 Å². The van der Waals surface area contributed by atoms with E-state index in [1.54, 1.807) is 17.1 Å². The predicted octanol–water partition coefficient (Wildman–Crippen LogP) is 0.924. The minimum atomic E-state index is -0.584. The lowest BCUT2D eigenvalue weighted by molar-refractivity contribution is -0.135. The minimum Gasteiger partial charge on any atom is -0.341 e. The Bertz CT molecular complexity index is 428. The Morgan fingerprint density at radius 3 is 2.78 bits per heavy atom. The van der Waals surface area contributed by atoms with Gasteiger partial charge in [-0.2, -0.15) is 5.10 Å². The molecule has 1 aliphatic heterocycles. The first-order valence-electron chi connectivity index (χ1n) is 6.52. The molecule has 18 heavy (non-hydrogen) atoms. The molecule has 1 fully saturated rings. The van der Waals surface area contributed by atoms with E-state index in [9.17, 15) is 4.79 Å². The fourth-order valence-corrected chi connectivity index (χ4v) is 2.40. The number of hydrogen-bond acceptors (Lipinski definition) is 3. The summed E-state index contributed by atoms with van der Waals surface area (Å²) in [7, 11) is 1.82. The smallest absolute Gasteiger partial charge is 0.244 e. The van der Waals surface area contributed by atoms with Crippen LogP contribution in [0.4, 0.5) is 0 Å². The second-order valence-corrected chi connectivity index (χ2v) is 5.45. The van der Waals surface area contributed by atoms with Gasteiger partial charge in [-0.25, -0.2) is 0 Å². The highest BCUT2D eigenvalue weighted by Gasteiger charge is 2.29. The van der Waals surface area contributed by atoms with Crippen molar-refractivity contribution >= 4 is 5.91 Å². The fourth-order valence-electron chi connectivity index (χ4n) is 2.40. The molecule has 0 radical (unpaired) electrons. The van der Waals surface area contributed by atoms with Crippen LogP contribution in [0.3, 0.4) is 0 Å². The average Bonchev–Trinajstić information content (AvgIpc) is 2.77. The number of aromatic nitrogens is 2. The van der Waals surface area contributed by atoms with Crippen molar-refractivity contribution in [1.82, 2.24) is 14.7 Å². The number of nitrogens with zero attached hydrogens (tertiary/aromatic N) is 3. The Morgan fingerprint density at radius 1 is 1.50 bits per heavy atom. The van der Waals surface area contributed by atoms with Crippen molar-refractivity contribution < 1.29 is 4.79 Å². The molecule has 1 aromatic rings. The standard InChI is InChI=1S/C13H22N4O/c1-9-4-5-17(7-10(9)2)13(18)12(14)11-6-15-16(3)8-11/h6,8-10,12H,4-5,7,14H2,1-3H3. The summed E-state index contributed by atoms with van der Waals surface area (Å²) in [5.41, 5.74) is 6.80. The number of likely N-dealkylation sites (tertiary alicyclic amines) is 1. The van der Waals surface area contributed by atoms with E-state index < -0.39 is 6.04 Å². The average molecular weight is 250 g/mol. The van der Waals surface area contributed by atoms with Crippen molar-refractivity contribution in [2.24, 2.45) is 24.6 Å². The molecule has 100 valence electrons. The molecule has 0 spiro atoms. The Balaban J connectivity index is 2.03. The second kappa shape index (κ2) is 5.10. The van der Waals surface area contributed by atoms with Gasteiger partial charge in [-0.3, -0.25) is 9.48 Å². The number of nitrogens with two attached hydrogens (primary N) is 1. The molecule has 1 aromatic heterocycles. The molecule has 2 N–H and O–H groups in total. The molecule has 1 saturated heterocycles. The van der Waals surface area contributed by atoms with Gasteiger partial charge in [0.2, 0.25) is 5.91 Å². The van der Waals surface area contributed by atoms with E-state index in [2.05, 4.69) is 18.9 Å². The van der Waals surface area contributed by atoms with E-state index in [0.717, 1.165) is 25.1 Å². The number of carbonyl (C=O) groups excluding carboxylic acids is 1. The molecular weight excluding hydrogens is 228 g/mol. The molecule has 2 rings (SSSR count). The highest BCUT2D eigenvalue weighted by atomic mass is 16.2. The first-order chi connectivity index (χ1) is 8.49. The lowest BCUT2D eigenvalue weighted by atomic mass is 9.88. The van der Waals surface area contributed by atoms with Gasteiger partial charge in [-0.15, -0.1) is 0 Å². The summed E-state index contributed by atoms with van der Waals surface area (Å²) in [6, 6.07) is -0.584. The first-order valence-corrected chi connectivity index (χ1v) is 6.52. The van der Waals surface area contributed by atoms with Crippen LogP contribution in [0.25, 0.3) is 0 Å². The number of aryl methyl sites for hydroxylation is 1. The lowest BCUT2D eigenvalue weighted by Gasteiger charge is -2.36. The van der Waals surface area contributed by atoms with Crippen molar-refractivity contribution in [3.63, 3.8) is 0 Å². The van der Waals surface area contributed by atoms with Crippen molar-refractivity contribution in [3.8, 4) is 0 Å². The summed E-state index contributed by atoms with van der Waals surface area (Å²) in [6.45, 7) is 6.07. The maximum atomic E-state index is 12.3. The van der Waals surface area contributed by atoms with Crippen LogP contribution in [0.15, 0.2) is 12.4 Å². The van der Waals surface area contributed by atoms with Gasteiger partial charge in [0.15, 0.2) is 0 Å².